The number of benzene rings is 8. The number of pyridine rings is 4. The zero-order valence-electron chi connectivity index (χ0n) is 64.9. The molecule has 0 spiro atoms. The molecule has 0 amide bonds. The summed E-state index contributed by atoms with van der Waals surface area (Å²) in [5.41, 5.74) is 22.8. The maximum Gasteiger partial charge on any atom is 0.341 e. The van der Waals surface area contributed by atoms with Crippen LogP contribution in [0.15, 0.2) is 146 Å². The Hall–Kier alpha value is -11.5. The number of hydrogen-bond donors (Lipinski definition) is 4. The van der Waals surface area contributed by atoms with Gasteiger partial charge in [-0.3, -0.25) is 19.9 Å². The number of halogens is 4. The van der Waals surface area contributed by atoms with Gasteiger partial charge in [0.25, 0.3) is 0 Å². The number of esters is 1. The van der Waals surface area contributed by atoms with E-state index >= 15 is 0 Å². The van der Waals surface area contributed by atoms with Crippen molar-refractivity contribution in [2.75, 3.05) is 56.3 Å². The molecular formula is C93H93Cl3FN11O6. The lowest BCUT2D eigenvalue weighted by molar-refractivity contribution is 0.0527. The number of carbonyl (C=O) groups is 1. The summed E-state index contributed by atoms with van der Waals surface area (Å²) in [6, 6.07) is 38.2. The molecule has 4 heterocycles. The molecule has 4 aromatic heterocycles. The van der Waals surface area contributed by atoms with Crippen LogP contribution in [0.3, 0.4) is 0 Å². The molecule has 8 aromatic carbocycles. The van der Waals surface area contributed by atoms with Crippen molar-refractivity contribution in [1.82, 2.24) is 19.9 Å². The molecule has 0 saturated heterocycles. The molecule has 0 radical (unpaired) electrons. The number of nitrogens with one attached hydrogen (secondary N) is 4. The Balaban J connectivity index is 0.000000140. The first-order valence-electron chi connectivity index (χ1n) is 38.2. The number of hydrogen-bond acceptors (Lipinski definition) is 14. The second-order valence-electron chi connectivity index (χ2n) is 28.8. The maximum atomic E-state index is 14.3. The van der Waals surface area contributed by atoms with Crippen LogP contribution in [0, 0.1) is 39.4 Å². The van der Waals surface area contributed by atoms with Crippen molar-refractivity contribution in [2.24, 2.45) is 0 Å². The van der Waals surface area contributed by atoms with Crippen LogP contribution in [0.1, 0.15) is 180 Å². The number of aromatic nitrogens is 4. The third-order valence-corrected chi connectivity index (χ3v) is 21.9. The van der Waals surface area contributed by atoms with Gasteiger partial charge in [0.1, 0.15) is 34.4 Å². The van der Waals surface area contributed by atoms with Crippen molar-refractivity contribution in [3.05, 3.63) is 274 Å². The van der Waals surface area contributed by atoms with Crippen molar-refractivity contribution in [1.29, 1.82) is 0 Å². The first-order chi connectivity index (χ1) is 54.9. The first-order valence-corrected chi connectivity index (χ1v) is 39.4. The van der Waals surface area contributed by atoms with E-state index in [1.807, 2.05) is 136 Å². The summed E-state index contributed by atoms with van der Waals surface area (Å²) in [6.07, 6.45) is 18.2. The van der Waals surface area contributed by atoms with Gasteiger partial charge in [0.2, 0.25) is 0 Å². The predicted octanol–water partition coefficient (Wildman–Crippen LogP) is 25.2. The predicted molar refractivity (Wildman–Crippen MR) is 461 cm³/mol. The zero-order valence-corrected chi connectivity index (χ0v) is 67.1. The van der Waals surface area contributed by atoms with Crippen LogP contribution in [0.4, 0.5) is 44.2 Å². The third kappa shape index (κ3) is 18.9. The van der Waals surface area contributed by atoms with Gasteiger partial charge in [0.15, 0.2) is 17.1 Å². The fourth-order valence-corrected chi connectivity index (χ4v) is 15.3. The highest BCUT2D eigenvalue weighted by Gasteiger charge is 2.32. The fraction of sp³-hybridized carbons (Fsp3) is 0.312. The zero-order chi connectivity index (χ0) is 79.6. The van der Waals surface area contributed by atoms with E-state index in [0.29, 0.717) is 110 Å². The maximum absolute atomic E-state index is 14.3. The molecule has 0 unspecified atom stereocenters. The van der Waals surface area contributed by atoms with Gasteiger partial charge in [-0.2, -0.15) is 0 Å². The molecule has 4 aliphatic carbocycles. The number of anilines is 4. The monoisotopic (exact) mass is 1580 g/mol. The summed E-state index contributed by atoms with van der Waals surface area (Å²) in [5.74, 6) is 4.16. The molecule has 17 nitrogen and oxygen atoms in total. The molecule has 4 aliphatic rings. The Bertz CT molecular complexity index is 5750. The number of fused-ring (bicyclic) bond motifs is 4. The SMILES string of the molecule is C.CCc1cnc2c(C3CC3)cc(F)cc2c1NCc1ccc(OC)c(Cl)c1.[C-]#[N+]c1cc(C2CC2)c2ncc(C(=O)OCC)c(NCc3ccc(OC)c(C)c3)c2c1.[C-]#[N+]c1cc(C2CC2)c2ncc(C)c(NCc3ccc(OC)c(Cl)c3)c2c1.[C-]#[N+]c1cc(C2CC2)c2ncc(CC)c(NCc3ccc(OC)c(Cl)c3)c2c1. The lowest BCUT2D eigenvalue weighted by Crippen LogP contribution is -2.11. The molecule has 0 aliphatic heterocycles. The van der Waals surface area contributed by atoms with Gasteiger partial charge in [0.05, 0.1) is 97.6 Å². The van der Waals surface area contributed by atoms with E-state index in [0.717, 1.165) is 161 Å². The molecule has 21 heteroatoms. The lowest BCUT2D eigenvalue weighted by Gasteiger charge is -2.17. The van der Waals surface area contributed by atoms with Crippen molar-refractivity contribution < 1.29 is 32.9 Å². The molecule has 16 rings (SSSR count). The second kappa shape index (κ2) is 37.0. The topological polar surface area (TPSA) is 176 Å². The minimum atomic E-state index is -0.425. The van der Waals surface area contributed by atoms with Gasteiger partial charge in [-0.05, 0) is 248 Å². The summed E-state index contributed by atoms with van der Waals surface area (Å²) >= 11 is 18.8. The summed E-state index contributed by atoms with van der Waals surface area (Å²) in [6.45, 7) is 35.2. The van der Waals surface area contributed by atoms with E-state index in [1.165, 1.54) is 36.8 Å². The molecule has 4 N–H and O–H groups in total. The number of aryl methyl sites for hydroxylation is 4. The quantitative estimate of drug-likeness (QED) is 0.0332. The third-order valence-electron chi connectivity index (χ3n) is 21.0. The minimum absolute atomic E-state index is 0. The highest BCUT2D eigenvalue weighted by molar-refractivity contribution is 6.32. The number of carbonyl (C=O) groups excluding carboxylic acids is 1. The molecule has 0 atom stereocenters. The summed E-state index contributed by atoms with van der Waals surface area (Å²) in [4.78, 5) is 42.4. The summed E-state index contributed by atoms with van der Waals surface area (Å²) in [7, 11) is 6.48. The standard InChI is InChI=1S/C25H25N3O3.C23H22ClN3O.C22H22ClFN2O.C22H20ClN3O.CH4/c1-5-31-25(29)21-14-28-23-19(17-7-8-17)11-18(26-3)12-20(23)24(21)27-13-16-6-9-22(30-4)15(2)10-16;1-4-15-13-27-23-18(16-6-7-16)10-17(25-2)11-19(23)22(15)26-12-14-5-8-21(28-3)20(24)9-14;1-3-14-12-26-22-17(15-5-6-15)9-16(24)10-18(22)21(14)25-11-13-4-7-20(27-2)19(23)8-13;1-13-11-25-22-17(15-5-6-15)9-16(24-2)10-18(22)21(13)26-12-14-4-7-20(27-3)19(23)8-14;/h6,9-12,14,17H,5,7-8,13H2,1-2,4H3,(H,27,28);5,8-11,13,16H,4,6-7,12H2,1,3H3,(H,26,27);4,7-10,12,15H,3,5-6,11H2,1-2H3,(H,25,26);4,7-11,15H,5-6,12H2,1,3H3,(H,25,26);1H4. The van der Waals surface area contributed by atoms with Gasteiger partial charge in [0, 0.05) is 89.6 Å². The van der Waals surface area contributed by atoms with Gasteiger partial charge in [-0.25, -0.2) is 23.7 Å². The van der Waals surface area contributed by atoms with Crippen LogP contribution in [-0.4, -0.2) is 61.0 Å². The Morgan fingerprint density at radius 2 is 0.763 bits per heavy atom. The number of methoxy groups -OCH3 is 4. The first kappa shape index (κ1) is 82.0. The summed E-state index contributed by atoms with van der Waals surface area (Å²) < 4.78 is 40.6. The van der Waals surface area contributed by atoms with Crippen LogP contribution < -0.4 is 40.2 Å². The van der Waals surface area contributed by atoms with Crippen LogP contribution in [0.2, 0.25) is 15.1 Å². The fourth-order valence-electron chi connectivity index (χ4n) is 14.4. The molecule has 4 fully saturated rings. The van der Waals surface area contributed by atoms with Crippen LogP contribution >= 0.6 is 34.8 Å². The van der Waals surface area contributed by atoms with Crippen LogP contribution in [0.25, 0.3) is 58.1 Å². The van der Waals surface area contributed by atoms with Gasteiger partial charge in [-0.1, -0.05) is 105 Å². The molecule has 114 heavy (non-hydrogen) atoms. The van der Waals surface area contributed by atoms with E-state index in [-0.39, 0.29) is 19.9 Å². The lowest BCUT2D eigenvalue weighted by atomic mass is 10.0. The van der Waals surface area contributed by atoms with Gasteiger partial charge in [-0.15, -0.1) is 0 Å². The van der Waals surface area contributed by atoms with Crippen molar-refractivity contribution in [2.45, 2.75) is 156 Å². The van der Waals surface area contributed by atoms with Crippen molar-refractivity contribution in [3.63, 3.8) is 0 Å². The van der Waals surface area contributed by atoms with Gasteiger partial charge >= 0.3 is 5.97 Å². The molecule has 4 saturated carbocycles. The average Bonchev–Trinajstić information content (AvgIpc) is 1.12. The normalized spacial score (nSPS) is 13.2. The molecule has 0 bridgehead atoms. The number of ether oxygens (including phenoxy) is 5. The van der Waals surface area contributed by atoms with Gasteiger partial charge < -0.3 is 45.0 Å². The van der Waals surface area contributed by atoms with E-state index < -0.39 is 5.97 Å². The molecule has 584 valence electrons. The highest BCUT2D eigenvalue weighted by atomic mass is 35.5. The minimum Gasteiger partial charge on any atom is -0.496 e. The molecule has 12 aromatic rings. The van der Waals surface area contributed by atoms with E-state index in [4.69, 9.17) is 83.2 Å². The van der Waals surface area contributed by atoms with E-state index in [2.05, 4.69) is 70.7 Å². The van der Waals surface area contributed by atoms with Crippen LogP contribution in [-0.2, 0) is 43.8 Å². The van der Waals surface area contributed by atoms with E-state index in [9.17, 15) is 9.18 Å². The number of nitrogens with zero attached hydrogens (tertiary/aromatic N) is 7. The smallest absolute Gasteiger partial charge is 0.341 e. The number of rotatable bonds is 24. The van der Waals surface area contributed by atoms with Crippen molar-refractivity contribution >= 4 is 124 Å². The largest absolute Gasteiger partial charge is 0.496 e. The Morgan fingerprint density at radius 3 is 1.12 bits per heavy atom. The Kier molecular flexibility index (Phi) is 26.6. The van der Waals surface area contributed by atoms with Crippen LogP contribution in [0.5, 0.6) is 23.0 Å². The van der Waals surface area contributed by atoms with E-state index in [1.54, 1.807) is 53.7 Å². The van der Waals surface area contributed by atoms with Crippen molar-refractivity contribution in [3.8, 4) is 23.0 Å². The summed E-state index contributed by atoms with van der Waals surface area (Å²) in [5, 5.41) is 19.5. The highest BCUT2D eigenvalue weighted by Crippen LogP contribution is 2.50. The Morgan fingerprint density at radius 1 is 0.430 bits per heavy atom. The average molecular weight is 1590 g/mol. The second-order valence-corrected chi connectivity index (χ2v) is 30.1. The Labute approximate surface area is 681 Å². The molecular weight excluding hydrogens is 1490 g/mol.